The van der Waals surface area contributed by atoms with Gasteiger partial charge in [0.15, 0.2) is 0 Å². The van der Waals surface area contributed by atoms with Crippen LogP contribution in [0.3, 0.4) is 0 Å². The highest BCUT2D eigenvalue weighted by atomic mass is 32.2. The molecular weight excluding hydrogens is 492 g/mol. The van der Waals surface area contributed by atoms with Crippen molar-refractivity contribution < 1.29 is 35.9 Å². The van der Waals surface area contributed by atoms with Gasteiger partial charge in [-0.15, -0.1) is 0 Å². The zero-order valence-electron chi connectivity index (χ0n) is 18.2. The summed E-state index contributed by atoms with van der Waals surface area (Å²) < 4.78 is 79.4. The largest absolute Gasteiger partial charge is 0.416 e. The molecule has 0 bridgehead atoms. The molecule has 0 spiro atoms. The third-order valence-corrected chi connectivity index (χ3v) is 6.72. The Balaban J connectivity index is 2.06. The lowest BCUT2D eigenvalue weighted by Gasteiger charge is -2.30. The van der Waals surface area contributed by atoms with Gasteiger partial charge in [-0.25, -0.2) is 22.8 Å². The molecule has 0 aliphatic rings. The minimum absolute atomic E-state index is 0.00997. The molecule has 8 nitrogen and oxygen atoms in total. The van der Waals surface area contributed by atoms with E-state index in [1.807, 2.05) is 0 Å². The average molecular weight is 512 g/mol. The maximum Gasteiger partial charge on any atom is 0.416 e. The van der Waals surface area contributed by atoms with Gasteiger partial charge in [0.25, 0.3) is 0 Å². The molecular formula is C22H20F4N4O4S. The zero-order chi connectivity index (χ0) is 25.8. The van der Waals surface area contributed by atoms with Crippen LogP contribution in [-0.2, 0) is 21.0 Å². The van der Waals surface area contributed by atoms with E-state index in [4.69, 9.17) is 0 Å². The van der Waals surface area contributed by atoms with E-state index in [0.717, 1.165) is 54.0 Å². The molecule has 1 amide bonds. The van der Waals surface area contributed by atoms with E-state index < -0.39 is 52.8 Å². The summed E-state index contributed by atoms with van der Waals surface area (Å²) >= 11 is 0. The Morgan fingerprint density at radius 1 is 1.09 bits per heavy atom. The van der Waals surface area contributed by atoms with Crippen molar-refractivity contribution in [3.8, 4) is 11.3 Å². The van der Waals surface area contributed by atoms with Crippen LogP contribution in [0.5, 0.6) is 0 Å². The summed E-state index contributed by atoms with van der Waals surface area (Å²) in [5.41, 5.74) is -0.407. The Morgan fingerprint density at radius 2 is 1.71 bits per heavy atom. The number of carbonyl (C=O) groups is 1. The van der Waals surface area contributed by atoms with E-state index in [-0.39, 0.29) is 16.3 Å². The number of nitrogens with zero attached hydrogens (tertiary/aromatic N) is 3. The topological polar surface area (TPSA) is 112 Å². The summed E-state index contributed by atoms with van der Waals surface area (Å²) in [6.45, 7) is 0.0736. The van der Waals surface area contributed by atoms with Gasteiger partial charge in [-0.2, -0.15) is 17.5 Å². The molecule has 2 N–H and O–H groups in total. The van der Waals surface area contributed by atoms with E-state index in [0.29, 0.717) is 5.56 Å². The highest BCUT2D eigenvalue weighted by Crippen LogP contribution is 2.31. The fraction of sp³-hybridized carbons (Fsp3) is 0.227. The van der Waals surface area contributed by atoms with Crippen LogP contribution in [0, 0.1) is 5.82 Å². The Bertz CT molecular complexity index is 1280. The maximum atomic E-state index is 13.3. The van der Waals surface area contributed by atoms with E-state index >= 15 is 0 Å². The van der Waals surface area contributed by atoms with Crippen LogP contribution in [0.2, 0.25) is 0 Å². The predicted molar refractivity (Wildman–Crippen MR) is 116 cm³/mol. The predicted octanol–water partition coefficient (Wildman–Crippen LogP) is 3.12. The summed E-state index contributed by atoms with van der Waals surface area (Å²) in [6.07, 6.45) is -4.87. The minimum Gasteiger partial charge on any atom is -0.395 e. The Hall–Kier alpha value is -3.42. The molecule has 1 atom stereocenters. The molecule has 1 unspecified atom stereocenters. The monoisotopic (exact) mass is 512 g/mol. The number of alkyl halides is 3. The number of rotatable bonds is 8. The first-order chi connectivity index (χ1) is 16.4. The smallest absolute Gasteiger partial charge is 0.395 e. The van der Waals surface area contributed by atoms with Gasteiger partial charge in [0.1, 0.15) is 18.3 Å². The Labute approximate surface area is 198 Å². The number of nitrogens with one attached hydrogen (secondary N) is 1. The first kappa shape index (κ1) is 26.2. The fourth-order valence-corrected chi connectivity index (χ4v) is 4.74. The van der Waals surface area contributed by atoms with Crippen LogP contribution in [0.1, 0.15) is 24.3 Å². The van der Waals surface area contributed by atoms with E-state index in [1.54, 1.807) is 0 Å². The first-order valence-corrected chi connectivity index (χ1v) is 11.5. The maximum absolute atomic E-state index is 13.3. The van der Waals surface area contributed by atoms with Gasteiger partial charge < -0.3 is 10.4 Å². The SMILES string of the molecule is CC(=O)NC(c1cc(-c2ccc(C(F)(F)F)cc2)ncn1)N(CCO)S(=O)(=O)c1ccc(F)cc1. The van der Waals surface area contributed by atoms with Crippen molar-refractivity contribution in [2.75, 3.05) is 13.2 Å². The van der Waals surface area contributed by atoms with Crippen LogP contribution in [-0.4, -0.2) is 46.9 Å². The highest BCUT2D eigenvalue weighted by molar-refractivity contribution is 7.89. The van der Waals surface area contributed by atoms with Crippen molar-refractivity contribution in [3.05, 3.63) is 78.0 Å². The van der Waals surface area contributed by atoms with Gasteiger partial charge in [-0.05, 0) is 42.5 Å². The zero-order valence-corrected chi connectivity index (χ0v) is 19.0. The lowest BCUT2D eigenvalue weighted by atomic mass is 10.1. The molecule has 2 aromatic carbocycles. The molecule has 0 aliphatic carbocycles. The standard InChI is InChI=1S/C22H20F4N4O4S/c1-14(32)29-21(30(10-11-31)35(33,34)18-8-6-17(23)7-9-18)20-12-19(27-13-28-20)15-2-4-16(5-3-15)22(24,25)26/h2-9,12-13,21,31H,10-11H2,1H3,(H,29,32). The normalized spacial score (nSPS) is 13.0. The summed E-state index contributed by atoms with van der Waals surface area (Å²) in [4.78, 5) is 19.7. The third-order valence-electron chi connectivity index (χ3n) is 4.84. The number of carbonyl (C=O) groups excluding carboxylic acids is 1. The second-order valence-corrected chi connectivity index (χ2v) is 9.19. The number of hydrogen-bond donors (Lipinski definition) is 2. The number of sulfonamides is 1. The quantitative estimate of drug-likeness (QED) is 0.354. The lowest BCUT2D eigenvalue weighted by molar-refractivity contribution is -0.137. The molecule has 13 heteroatoms. The van der Waals surface area contributed by atoms with Crippen molar-refractivity contribution in [1.29, 1.82) is 0 Å². The first-order valence-electron chi connectivity index (χ1n) is 10.1. The number of aromatic nitrogens is 2. The van der Waals surface area contributed by atoms with Crippen LogP contribution in [0.15, 0.2) is 65.8 Å². The van der Waals surface area contributed by atoms with E-state index in [2.05, 4.69) is 15.3 Å². The molecule has 35 heavy (non-hydrogen) atoms. The molecule has 0 saturated heterocycles. The van der Waals surface area contributed by atoms with Crippen LogP contribution in [0.4, 0.5) is 17.6 Å². The molecule has 0 radical (unpaired) electrons. The van der Waals surface area contributed by atoms with Crippen molar-refractivity contribution in [1.82, 2.24) is 19.6 Å². The average Bonchev–Trinajstić information content (AvgIpc) is 2.81. The number of halogens is 4. The van der Waals surface area contributed by atoms with Gasteiger partial charge in [0.2, 0.25) is 15.9 Å². The minimum atomic E-state index is -4.52. The van der Waals surface area contributed by atoms with Gasteiger partial charge in [-0.3, -0.25) is 4.79 Å². The number of aliphatic hydroxyl groups excluding tert-OH is 1. The van der Waals surface area contributed by atoms with Gasteiger partial charge in [-0.1, -0.05) is 12.1 Å². The van der Waals surface area contributed by atoms with Gasteiger partial charge in [0.05, 0.1) is 28.5 Å². The lowest BCUT2D eigenvalue weighted by Crippen LogP contribution is -2.45. The van der Waals surface area contributed by atoms with Gasteiger partial charge >= 0.3 is 6.18 Å². The molecule has 186 valence electrons. The number of benzene rings is 2. The van der Waals surface area contributed by atoms with Crippen molar-refractivity contribution in [2.24, 2.45) is 0 Å². The van der Waals surface area contributed by atoms with E-state index in [1.165, 1.54) is 18.2 Å². The van der Waals surface area contributed by atoms with Crippen molar-refractivity contribution >= 4 is 15.9 Å². The summed E-state index contributed by atoms with van der Waals surface area (Å²) in [5.74, 6) is -1.28. The van der Waals surface area contributed by atoms with Crippen molar-refractivity contribution in [2.45, 2.75) is 24.2 Å². The summed E-state index contributed by atoms with van der Waals surface area (Å²) in [5, 5.41) is 12.0. The summed E-state index contributed by atoms with van der Waals surface area (Å²) in [6, 6.07) is 9.43. The van der Waals surface area contributed by atoms with Crippen molar-refractivity contribution in [3.63, 3.8) is 0 Å². The van der Waals surface area contributed by atoms with Crippen LogP contribution >= 0.6 is 0 Å². The molecule has 3 rings (SSSR count). The Kier molecular flexibility index (Phi) is 7.83. The third kappa shape index (κ3) is 6.18. The second kappa shape index (κ2) is 10.5. The summed E-state index contributed by atoms with van der Waals surface area (Å²) in [7, 11) is -4.37. The molecule has 0 fully saturated rings. The van der Waals surface area contributed by atoms with E-state index in [9.17, 15) is 35.9 Å². The Morgan fingerprint density at radius 3 is 2.26 bits per heavy atom. The molecule has 1 heterocycles. The molecule has 3 aromatic rings. The van der Waals surface area contributed by atoms with Gasteiger partial charge in [0, 0.05) is 19.0 Å². The molecule has 1 aromatic heterocycles. The number of hydrogen-bond acceptors (Lipinski definition) is 6. The van der Waals surface area contributed by atoms with Crippen LogP contribution < -0.4 is 5.32 Å². The fourth-order valence-electron chi connectivity index (χ4n) is 3.22. The molecule has 0 saturated carbocycles. The number of aliphatic hydroxyl groups is 1. The molecule has 0 aliphatic heterocycles. The second-order valence-electron chi connectivity index (χ2n) is 7.30. The highest BCUT2D eigenvalue weighted by Gasteiger charge is 2.34. The number of amides is 1. The van der Waals surface area contributed by atoms with Crippen LogP contribution in [0.25, 0.3) is 11.3 Å².